The van der Waals surface area contributed by atoms with Gasteiger partial charge in [-0.1, -0.05) is 60.7 Å². The van der Waals surface area contributed by atoms with E-state index in [9.17, 15) is 9.59 Å². The van der Waals surface area contributed by atoms with E-state index in [1.807, 2.05) is 60.7 Å². The Morgan fingerprint density at radius 1 is 0.913 bits per heavy atom. The molecule has 0 saturated carbocycles. The minimum atomic E-state index is -0.541. The molecule has 1 heterocycles. The fourth-order valence-electron chi connectivity index (χ4n) is 2.56. The largest absolute Gasteiger partial charge is 0.362 e. The first-order valence-electron chi connectivity index (χ1n) is 7.25. The number of carbonyl (C=O) groups is 1. The molecule has 116 valence electrons. The zero-order valence-electron chi connectivity index (χ0n) is 12.6. The van der Waals surface area contributed by atoms with Gasteiger partial charge in [0, 0.05) is 13.1 Å². The molecule has 0 unspecified atom stereocenters. The molecular weight excluding hydrogens is 292 g/mol. The number of benzene rings is 2. The van der Waals surface area contributed by atoms with Crippen LogP contribution in [0.1, 0.15) is 24.1 Å². The third kappa shape index (κ3) is 3.08. The number of aromatic nitrogens is 2. The third-order valence-corrected chi connectivity index (χ3v) is 3.51. The van der Waals surface area contributed by atoms with Crippen LogP contribution in [0.3, 0.4) is 0 Å². The molecular formula is C18H16N2O3. The SMILES string of the molecule is CC(=O)On1ccn(C(c2ccccc2)c2ccccc2)c1=O. The van der Waals surface area contributed by atoms with E-state index in [1.165, 1.54) is 13.1 Å². The van der Waals surface area contributed by atoms with E-state index in [0.29, 0.717) is 0 Å². The molecule has 0 fully saturated rings. The number of rotatable bonds is 4. The first kappa shape index (κ1) is 14.8. The van der Waals surface area contributed by atoms with Gasteiger partial charge in [0.25, 0.3) is 0 Å². The Kier molecular flexibility index (Phi) is 4.10. The molecule has 3 aromatic rings. The highest BCUT2D eigenvalue weighted by Gasteiger charge is 2.19. The summed E-state index contributed by atoms with van der Waals surface area (Å²) in [4.78, 5) is 28.5. The van der Waals surface area contributed by atoms with Crippen molar-refractivity contribution in [3.8, 4) is 0 Å². The van der Waals surface area contributed by atoms with Gasteiger partial charge in [0.2, 0.25) is 0 Å². The molecule has 0 saturated heterocycles. The second kappa shape index (κ2) is 6.36. The summed E-state index contributed by atoms with van der Waals surface area (Å²) in [6.45, 7) is 1.26. The van der Waals surface area contributed by atoms with Crippen LogP contribution in [-0.2, 0) is 4.79 Å². The Hall–Kier alpha value is -3.08. The number of carbonyl (C=O) groups excluding carboxylic acids is 1. The van der Waals surface area contributed by atoms with Crippen molar-refractivity contribution in [3.63, 3.8) is 0 Å². The van der Waals surface area contributed by atoms with Crippen LogP contribution < -0.4 is 10.5 Å². The Morgan fingerprint density at radius 3 is 1.91 bits per heavy atom. The molecule has 23 heavy (non-hydrogen) atoms. The van der Waals surface area contributed by atoms with E-state index in [4.69, 9.17) is 4.84 Å². The van der Waals surface area contributed by atoms with Crippen molar-refractivity contribution >= 4 is 5.97 Å². The monoisotopic (exact) mass is 308 g/mol. The van der Waals surface area contributed by atoms with Crippen molar-refractivity contribution in [2.45, 2.75) is 13.0 Å². The molecule has 0 aliphatic rings. The second-order valence-electron chi connectivity index (χ2n) is 5.12. The normalized spacial score (nSPS) is 10.7. The molecule has 5 heteroatoms. The molecule has 0 spiro atoms. The minimum Gasteiger partial charge on any atom is -0.333 e. The minimum absolute atomic E-state index is 0.290. The van der Waals surface area contributed by atoms with E-state index < -0.39 is 11.7 Å². The van der Waals surface area contributed by atoms with Crippen molar-refractivity contribution in [1.29, 1.82) is 0 Å². The molecule has 0 atom stereocenters. The summed E-state index contributed by atoms with van der Waals surface area (Å²) in [7, 11) is 0. The molecule has 3 rings (SSSR count). The van der Waals surface area contributed by atoms with E-state index in [2.05, 4.69) is 0 Å². The molecule has 0 radical (unpaired) electrons. The molecule has 5 nitrogen and oxygen atoms in total. The predicted molar refractivity (Wildman–Crippen MR) is 86.1 cm³/mol. The zero-order valence-corrected chi connectivity index (χ0v) is 12.6. The van der Waals surface area contributed by atoms with Crippen molar-refractivity contribution in [3.05, 3.63) is 94.7 Å². The Morgan fingerprint density at radius 2 is 1.43 bits per heavy atom. The molecule has 0 aliphatic heterocycles. The maximum atomic E-state index is 12.5. The van der Waals surface area contributed by atoms with E-state index in [-0.39, 0.29) is 6.04 Å². The highest BCUT2D eigenvalue weighted by molar-refractivity contribution is 5.66. The van der Waals surface area contributed by atoms with Gasteiger partial charge in [-0.25, -0.2) is 9.59 Å². The number of imidazole rings is 1. The fraction of sp³-hybridized carbons (Fsp3) is 0.111. The van der Waals surface area contributed by atoms with E-state index in [0.717, 1.165) is 15.9 Å². The Labute approximate surface area is 133 Å². The van der Waals surface area contributed by atoms with Crippen molar-refractivity contribution < 1.29 is 9.63 Å². The smallest absolute Gasteiger partial charge is 0.333 e. The first-order chi connectivity index (χ1) is 11.2. The van der Waals surface area contributed by atoms with Crippen LogP contribution in [0.15, 0.2) is 77.9 Å². The summed E-state index contributed by atoms with van der Waals surface area (Å²) in [6, 6.07) is 19.1. The molecule has 0 aliphatic carbocycles. The summed E-state index contributed by atoms with van der Waals surface area (Å²) in [5.41, 5.74) is 1.54. The first-order valence-corrected chi connectivity index (χ1v) is 7.25. The predicted octanol–water partition coefficient (Wildman–Crippen LogP) is 2.26. The number of nitrogens with zero attached hydrogens (tertiary/aromatic N) is 2. The summed E-state index contributed by atoms with van der Waals surface area (Å²) in [5, 5.41) is 0. The lowest BCUT2D eigenvalue weighted by Gasteiger charge is -2.18. The van der Waals surface area contributed by atoms with Gasteiger partial charge >= 0.3 is 11.7 Å². The lowest BCUT2D eigenvalue weighted by Crippen LogP contribution is -2.33. The fourth-order valence-corrected chi connectivity index (χ4v) is 2.56. The maximum Gasteiger partial charge on any atom is 0.362 e. The molecule has 2 aromatic carbocycles. The average molecular weight is 308 g/mol. The summed E-state index contributed by atoms with van der Waals surface area (Å²) in [5.74, 6) is -0.541. The summed E-state index contributed by atoms with van der Waals surface area (Å²) >= 11 is 0. The van der Waals surface area contributed by atoms with Crippen LogP contribution in [0.4, 0.5) is 0 Å². The van der Waals surface area contributed by atoms with Gasteiger partial charge in [0.15, 0.2) is 0 Å². The van der Waals surface area contributed by atoms with Crippen LogP contribution in [0.25, 0.3) is 0 Å². The Bertz CT molecular complexity index is 811. The highest BCUT2D eigenvalue weighted by atomic mass is 16.7. The summed E-state index contributed by atoms with van der Waals surface area (Å²) < 4.78 is 2.49. The van der Waals surface area contributed by atoms with Crippen LogP contribution in [0, 0.1) is 0 Å². The van der Waals surface area contributed by atoms with Gasteiger partial charge in [-0.2, -0.15) is 0 Å². The van der Waals surface area contributed by atoms with Crippen LogP contribution >= 0.6 is 0 Å². The van der Waals surface area contributed by atoms with Gasteiger partial charge in [0.1, 0.15) is 0 Å². The number of hydrogen-bond donors (Lipinski definition) is 0. The standard InChI is InChI=1S/C18H16N2O3/c1-14(21)23-20-13-12-19(18(20)22)17(15-8-4-2-5-9-15)16-10-6-3-7-11-16/h2-13,17H,1H3. The van der Waals surface area contributed by atoms with Gasteiger partial charge in [0.05, 0.1) is 12.2 Å². The van der Waals surface area contributed by atoms with Gasteiger partial charge in [-0.3, -0.25) is 4.57 Å². The lowest BCUT2D eigenvalue weighted by atomic mass is 9.99. The van der Waals surface area contributed by atoms with Gasteiger partial charge in [-0.05, 0) is 11.1 Å². The number of hydrogen-bond acceptors (Lipinski definition) is 3. The molecule has 0 bridgehead atoms. The van der Waals surface area contributed by atoms with E-state index >= 15 is 0 Å². The van der Waals surface area contributed by atoms with Crippen molar-refractivity contribution in [2.24, 2.45) is 0 Å². The maximum absolute atomic E-state index is 12.5. The van der Waals surface area contributed by atoms with Gasteiger partial charge < -0.3 is 4.84 Å². The van der Waals surface area contributed by atoms with Crippen molar-refractivity contribution in [2.75, 3.05) is 0 Å². The van der Waals surface area contributed by atoms with Crippen LogP contribution in [-0.4, -0.2) is 15.3 Å². The van der Waals surface area contributed by atoms with E-state index in [1.54, 1.807) is 10.8 Å². The van der Waals surface area contributed by atoms with Crippen LogP contribution in [0.2, 0.25) is 0 Å². The second-order valence-corrected chi connectivity index (χ2v) is 5.12. The molecule has 1 aromatic heterocycles. The van der Waals surface area contributed by atoms with Crippen LogP contribution in [0.5, 0.6) is 0 Å². The van der Waals surface area contributed by atoms with Crippen molar-refractivity contribution in [1.82, 2.24) is 9.30 Å². The average Bonchev–Trinajstić information content (AvgIpc) is 2.90. The molecule has 0 amide bonds. The lowest BCUT2D eigenvalue weighted by molar-refractivity contribution is -0.141. The topological polar surface area (TPSA) is 53.2 Å². The zero-order chi connectivity index (χ0) is 16.2. The summed E-state index contributed by atoms with van der Waals surface area (Å²) in [6.07, 6.45) is 3.07. The quantitative estimate of drug-likeness (QED) is 0.743. The molecule has 0 N–H and O–H groups in total. The third-order valence-electron chi connectivity index (χ3n) is 3.51. The Balaban J connectivity index is 2.12. The highest BCUT2D eigenvalue weighted by Crippen LogP contribution is 2.25. The van der Waals surface area contributed by atoms with Gasteiger partial charge in [-0.15, -0.1) is 4.73 Å².